The number of piperidine rings is 1. The Morgan fingerprint density at radius 3 is 2.30 bits per heavy atom. The number of benzene rings is 2. The van der Waals surface area contributed by atoms with Gasteiger partial charge >= 0.3 is 0 Å². The van der Waals surface area contributed by atoms with Gasteiger partial charge in [-0.3, -0.25) is 9.69 Å². The van der Waals surface area contributed by atoms with Gasteiger partial charge in [-0.15, -0.1) is 0 Å². The number of rotatable bonds is 7. The molecule has 1 aliphatic rings. The van der Waals surface area contributed by atoms with E-state index in [1.165, 1.54) is 37.9 Å². The second-order valence-corrected chi connectivity index (χ2v) is 6.94. The Hall–Kier alpha value is -2.53. The molecule has 1 aliphatic heterocycles. The highest BCUT2D eigenvalue weighted by Gasteiger charge is 2.12. The van der Waals surface area contributed by atoms with Gasteiger partial charge in [0.15, 0.2) is 0 Å². The number of likely N-dealkylation sites (tertiary alicyclic amines) is 1. The number of ether oxygens (including phenoxy) is 2. The number of carbonyl (C=O) groups excluding carboxylic acids is 1. The van der Waals surface area contributed by atoms with E-state index < -0.39 is 0 Å². The number of amides is 1. The zero-order valence-electron chi connectivity index (χ0n) is 16.2. The van der Waals surface area contributed by atoms with Crippen LogP contribution < -0.4 is 14.8 Å². The molecule has 1 saturated heterocycles. The van der Waals surface area contributed by atoms with Crippen LogP contribution in [0.1, 0.15) is 40.7 Å². The first kappa shape index (κ1) is 19.2. The number of carbonyl (C=O) groups is 1. The van der Waals surface area contributed by atoms with Gasteiger partial charge in [-0.05, 0) is 49.2 Å². The van der Waals surface area contributed by atoms with E-state index in [4.69, 9.17) is 9.47 Å². The summed E-state index contributed by atoms with van der Waals surface area (Å²) in [5.41, 5.74) is 2.93. The summed E-state index contributed by atoms with van der Waals surface area (Å²) in [5, 5.41) is 2.99. The number of nitrogens with zero attached hydrogens (tertiary/aromatic N) is 1. The van der Waals surface area contributed by atoms with Gasteiger partial charge in [0.25, 0.3) is 5.91 Å². The summed E-state index contributed by atoms with van der Waals surface area (Å²) in [6.07, 6.45) is 3.93. The Balaban J connectivity index is 1.61. The van der Waals surface area contributed by atoms with Gasteiger partial charge in [0, 0.05) is 24.7 Å². The van der Waals surface area contributed by atoms with E-state index in [9.17, 15) is 4.79 Å². The third kappa shape index (κ3) is 5.47. The van der Waals surface area contributed by atoms with Crippen LogP contribution in [0.3, 0.4) is 0 Å². The molecular formula is C22H28N2O3. The largest absolute Gasteiger partial charge is 0.497 e. The van der Waals surface area contributed by atoms with Gasteiger partial charge < -0.3 is 14.8 Å². The molecule has 5 nitrogen and oxygen atoms in total. The first-order valence-electron chi connectivity index (χ1n) is 9.49. The Bertz CT molecular complexity index is 748. The fraction of sp³-hybridized carbons (Fsp3) is 0.409. The first-order chi connectivity index (χ1) is 13.2. The minimum atomic E-state index is -0.145. The molecule has 2 aromatic rings. The molecule has 0 saturated carbocycles. The van der Waals surface area contributed by atoms with E-state index in [1.54, 1.807) is 32.4 Å². The summed E-state index contributed by atoms with van der Waals surface area (Å²) in [6.45, 7) is 3.83. The predicted molar refractivity (Wildman–Crippen MR) is 106 cm³/mol. The monoisotopic (exact) mass is 368 g/mol. The van der Waals surface area contributed by atoms with Crippen molar-refractivity contribution in [2.24, 2.45) is 0 Å². The maximum absolute atomic E-state index is 12.5. The number of nitrogens with one attached hydrogen (secondary N) is 1. The molecule has 2 aromatic carbocycles. The van der Waals surface area contributed by atoms with Gasteiger partial charge in [0.05, 0.1) is 14.2 Å². The van der Waals surface area contributed by atoms with Crippen LogP contribution in [0.5, 0.6) is 11.5 Å². The van der Waals surface area contributed by atoms with Crippen LogP contribution in [-0.4, -0.2) is 38.1 Å². The van der Waals surface area contributed by atoms with Crippen molar-refractivity contribution in [3.05, 3.63) is 59.2 Å². The standard InChI is InChI=1S/C22H28N2O3/c1-26-20-12-19(13-21(14-20)27-2)22(25)23-15-17-7-6-8-18(11-17)16-24-9-4-3-5-10-24/h6-8,11-14H,3-5,9-10,15-16H2,1-2H3,(H,23,25). The predicted octanol–water partition coefficient (Wildman–Crippen LogP) is 3.62. The second kappa shape index (κ2) is 9.42. The van der Waals surface area contributed by atoms with Gasteiger partial charge in [-0.25, -0.2) is 0 Å². The van der Waals surface area contributed by atoms with Crippen molar-refractivity contribution in [2.75, 3.05) is 27.3 Å². The highest BCUT2D eigenvalue weighted by molar-refractivity contribution is 5.95. The zero-order chi connectivity index (χ0) is 19.1. The Labute approximate surface area is 161 Å². The van der Waals surface area contributed by atoms with Crippen molar-refractivity contribution >= 4 is 5.91 Å². The highest BCUT2D eigenvalue weighted by Crippen LogP contribution is 2.22. The van der Waals surface area contributed by atoms with Crippen LogP contribution in [0.4, 0.5) is 0 Å². The quantitative estimate of drug-likeness (QED) is 0.811. The molecule has 3 rings (SSSR count). The summed E-state index contributed by atoms with van der Waals surface area (Å²) in [4.78, 5) is 15.0. The van der Waals surface area contributed by atoms with Gasteiger partial charge in [-0.1, -0.05) is 30.7 Å². The maximum Gasteiger partial charge on any atom is 0.251 e. The third-order valence-corrected chi connectivity index (χ3v) is 4.91. The molecule has 0 unspecified atom stereocenters. The molecule has 144 valence electrons. The minimum absolute atomic E-state index is 0.145. The van der Waals surface area contributed by atoms with Crippen molar-refractivity contribution in [1.82, 2.24) is 10.2 Å². The molecule has 27 heavy (non-hydrogen) atoms. The molecule has 0 aromatic heterocycles. The molecule has 1 N–H and O–H groups in total. The van der Waals surface area contributed by atoms with Crippen LogP contribution >= 0.6 is 0 Å². The van der Waals surface area contributed by atoms with Crippen LogP contribution in [0, 0.1) is 0 Å². The van der Waals surface area contributed by atoms with Gasteiger partial charge in [-0.2, -0.15) is 0 Å². The smallest absolute Gasteiger partial charge is 0.251 e. The van der Waals surface area contributed by atoms with Crippen LogP contribution in [0.15, 0.2) is 42.5 Å². The third-order valence-electron chi connectivity index (χ3n) is 4.91. The maximum atomic E-state index is 12.5. The molecule has 5 heteroatoms. The van der Waals surface area contributed by atoms with E-state index >= 15 is 0 Å². The summed E-state index contributed by atoms with van der Waals surface area (Å²) in [5.74, 6) is 1.06. The van der Waals surface area contributed by atoms with Crippen molar-refractivity contribution in [2.45, 2.75) is 32.4 Å². The van der Waals surface area contributed by atoms with Crippen molar-refractivity contribution in [3.63, 3.8) is 0 Å². The number of hydrogen-bond acceptors (Lipinski definition) is 4. The zero-order valence-corrected chi connectivity index (χ0v) is 16.2. The van der Waals surface area contributed by atoms with E-state index in [-0.39, 0.29) is 5.91 Å². The molecule has 0 spiro atoms. The minimum Gasteiger partial charge on any atom is -0.497 e. The van der Waals surface area contributed by atoms with Crippen molar-refractivity contribution in [1.29, 1.82) is 0 Å². The average Bonchev–Trinajstić information content (AvgIpc) is 2.72. The van der Waals surface area contributed by atoms with Crippen molar-refractivity contribution in [3.8, 4) is 11.5 Å². The second-order valence-electron chi connectivity index (χ2n) is 6.94. The average molecular weight is 368 g/mol. The highest BCUT2D eigenvalue weighted by atomic mass is 16.5. The van der Waals surface area contributed by atoms with E-state index in [1.807, 2.05) is 6.07 Å². The van der Waals surface area contributed by atoms with Crippen molar-refractivity contribution < 1.29 is 14.3 Å². The fourth-order valence-corrected chi connectivity index (χ4v) is 3.44. The Morgan fingerprint density at radius 1 is 0.963 bits per heavy atom. The Morgan fingerprint density at radius 2 is 1.63 bits per heavy atom. The summed E-state index contributed by atoms with van der Waals surface area (Å²) in [6, 6.07) is 13.6. The number of hydrogen-bond donors (Lipinski definition) is 1. The van der Waals surface area contributed by atoms with Crippen LogP contribution in [0.25, 0.3) is 0 Å². The lowest BCUT2D eigenvalue weighted by atomic mass is 10.1. The fourth-order valence-electron chi connectivity index (χ4n) is 3.44. The van der Waals surface area contributed by atoms with E-state index in [2.05, 4.69) is 28.4 Å². The molecule has 1 heterocycles. The Kier molecular flexibility index (Phi) is 6.71. The lowest BCUT2D eigenvalue weighted by molar-refractivity contribution is 0.0950. The molecule has 0 aliphatic carbocycles. The molecule has 0 atom stereocenters. The lowest BCUT2D eigenvalue weighted by Gasteiger charge is -2.26. The van der Waals surface area contributed by atoms with Gasteiger partial charge in [0.1, 0.15) is 11.5 Å². The number of methoxy groups -OCH3 is 2. The van der Waals surface area contributed by atoms with Gasteiger partial charge in [0.2, 0.25) is 0 Å². The van der Waals surface area contributed by atoms with E-state index in [0.29, 0.717) is 23.6 Å². The topological polar surface area (TPSA) is 50.8 Å². The molecule has 1 amide bonds. The van der Waals surface area contributed by atoms with Crippen LogP contribution in [-0.2, 0) is 13.1 Å². The SMILES string of the molecule is COc1cc(OC)cc(C(=O)NCc2cccc(CN3CCCCC3)c2)c1. The summed E-state index contributed by atoms with van der Waals surface area (Å²) in [7, 11) is 3.15. The first-order valence-corrected chi connectivity index (χ1v) is 9.49. The summed E-state index contributed by atoms with van der Waals surface area (Å²) < 4.78 is 10.5. The summed E-state index contributed by atoms with van der Waals surface area (Å²) >= 11 is 0. The molecule has 0 bridgehead atoms. The lowest BCUT2D eigenvalue weighted by Crippen LogP contribution is -2.29. The van der Waals surface area contributed by atoms with Crippen LogP contribution in [0.2, 0.25) is 0 Å². The van der Waals surface area contributed by atoms with E-state index in [0.717, 1.165) is 12.1 Å². The molecule has 1 fully saturated rings. The molecular weight excluding hydrogens is 340 g/mol. The molecule has 0 radical (unpaired) electrons. The normalized spacial score (nSPS) is 14.6.